The van der Waals surface area contributed by atoms with Crippen LogP contribution in [-0.4, -0.2) is 51.5 Å². The maximum atomic E-state index is 5.73. The summed E-state index contributed by atoms with van der Waals surface area (Å²) in [6.45, 7) is 11.7. The molecule has 1 aliphatic rings. The van der Waals surface area contributed by atoms with Crippen LogP contribution in [0.25, 0.3) is 0 Å². The van der Waals surface area contributed by atoms with Gasteiger partial charge in [-0.05, 0) is 33.1 Å². The molecule has 2 unspecified atom stereocenters. The summed E-state index contributed by atoms with van der Waals surface area (Å²) in [4.78, 5) is 4.66. The summed E-state index contributed by atoms with van der Waals surface area (Å²) in [5.41, 5.74) is 0. The molecular formula is C19H39N3O2. The average Bonchev–Trinajstić information content (AvgIpc) is 3.08. The molecule has 24 heavy (non-hydrogen) atoms. The molecule has 142 valence electrons. The summed E-state index contributed by atoms with van der Waals surface area (Å²) in [7, 11) is 0. The highest BCUT2D eigenvalue weighted by molar-refractivity contribution is 5.79. The van der Waals surface area contributed by atoms with Crippen molar-refractivity contribution in [2.45, 2.75) is 71.8 Å². The van der Waals surface area contributed by atoms with Crippen LogP contribution in [0.2, 0.25) is 0 Å². The van der Waals surface area contributed by atoms with Crippen molar-refractivity contribution in [3.05, 3.63) is 0 Å². The molecular weight excluding hydrogens is 302 g/mol. The van der Waals surface area contributed by atoms with Crippen LogP contribution in [0.5, 0.6) is 0 Å². The van der Waals surface area contributed by atoms with E-state index in [0.717, 1.165) is 58.3 Å². The minimum atomic E-state index is 0.471. The topological polar surface area (TPSA) is 54.9 Å². The molecule has 0 aliphatic carbocycles. The number of hydrogen-bond donors (Lipinski definition) is 2. The van der Waals surface area contributed by atoms with E-state index in [-0.39, 0.29) is 0 Å². The van der Waals surface area contributed by atoms with E-state index in [0.29, 0.717) is 12.0 Å². The van der Waals surface area contributed by atoms with Crippen LogP contribution >= 0.6 is 0 Å². The highest BCUT2D eigenvalue weighted by atomic mass is 16.5. The Morgan fingerprint density at radius 2 is 2.12 bits per heavy atom. The average molecular weight is 342 g/mol. The maximum Gasteiger partial charge on any atom is 0.191 e. The first-order chi connectivity index (χ1) is 11.8. The zero-order chi connectivity index (χ0) is 17.5. The lowest BCUT2D eigenvalue weighted by atomic mass is 10.1. The van der Waals surface area contributed by atoms with E-state index < -0.39 is 0 Å². The SMILES string of the molecule is CCCCCCC(C)NC(=NCCCOCC1CCOC1)NCC. The minimum absolute atomic E-state index is 0.471. The number of hydrogen-bond acceptors (Lipinski definition) is 3. The van der Waals surface area contributed by atoms with Gasteiger partial charge in [-0.2, -0.15) is 0 Å². The first-order valence-electron chi connectivity index (χ1n) is 9.96. The minimum Gasteiger partial charge on any atom is -0.381 e. The molecule has 2 atom stereocenters. The Kier molecular flexibility index (Phi) is 12.9. The number of guanidine groups is 1. The molecule has 0 radical (unpaired) electrons. The lowest BCUT2D eigenvalue weighted by Gasteiger charge is -2.17. The summed E-state index contributed by atoms with van der Waals surface area (Å²) < 4.78 is 11.1. The Hall–Kier alpha value is -0.810. The van der Waals surface area contributed by atoms with Crippen LogP contribution in [0, 0.1) is 5.92 Å². The van der Waals surface area contributed by atoms with Gasteiger partial charge in [0.15, 0.2) is 5.96 Å². The molecule has 2 N–H and O–H groups in total. The van der Waals surface area contributed by atoms with Crippen LogP contribution < -0.4 is 10.6 Å². The molecule has 1 aliphatic heterocycles. The Morgan fingerprint density at radius 3 is 2.83 bits per heavy atom. The van der Waals surface area contributed by atoms with Crippen LogP contribution in [0.1, 0.15) is 65.7 Å². The lowest BCUT2D eigenvalue weighted by molar-refractivity contribution is 0.0893. The fraction of sp³-hybridized carbons (Fsp3) is 0.947. The zero-order valence-electron chi connectivity index (χ0n) is 16.1. The van der Waals surface area contributed by atoms with Gasteiger partial charge in [0, 0.05) is 38.3 Å². The molecule has 1 saturated heterocycles. The maximum absolute atomic E-state index is 5.73. The summed E-state index contributed by atoms with van der Waals surface area (Å²) >= 11 is 0. The fourth-order valence-electron chi connectivity index (χ4n) is 2.83. The second-order valence-corrected chi connectivity index (χ2v) is 6.81. The van der Waals surface area contributed by atoms with E-state index in [4.69, 9.17) is 9.47 Å². The summed E-state index contributed by atoms with van der Waals surface area (Å²) in [5, 5.41) is 6.84. The van der Waals surface area contributed by atoms with Gasteiger partial charge >= 0.3 is 0 Å². The molecule has 0 aromatic rings. The molecule has 0 saturated carbocycles. The number of nitrogens with one attached hydrogen (secondary N) is 2. The van der Waals surface area contributed by atoms with Crippen LogP contribution in [0.4, 0.5) is 0 Å². The smallest absolute Gasteiger partial charge is 0.191 e. The van der Waals surface area contributed by atoms with Gasteiger partial charge in [-0.25, -0.2) is 0 Å². The Labute approximate surface area is 149 Å². The van der Waals surface area contributed by atoms with Gasteiger partial charge in [-0.15, -0.1) is 0 Å². The van der Waals surface area contributed by atoms with Crippen molar-refractivity contribution < 1.29 is 9.47 Å². The molecule has 0 aromatic heterocycles. The quantitative estimate of drug-likeness (QED) is 0.306. The molecule has 5 heteroatoms. The second-order valence-electron chi connectivity index (χ2n) is 6.81. The van der Waals surface area contributed by atoms with Gasteiger partial charge in [0.2, 0.25) is 0 Å². The highest BCUT2D eigenvalue weighted by Gasteiger charge is 2.15. The van der Waals surface area contributed by atoms with Crippen LogP contribution in [0.3, 0.4) is 0 Å². The molecule has 5 nitrogen and oxygen atoms in total. The van der Waals surface area contributed by atoms with Crippen molar-refractivity contribution in [3.63, 3.8) is 0 Å². The zero-order valence-corrected chi connectivity index (χ0v) is 16.1. The second kappa shape index (κ2) is 14.5. The van der Waals surface area contributed by atoms with Crippen LogP contribution in [-0.2, 0) is 9.47 Å². The summed E-state index contributed by atoms with van der Waals surface area (Å²) in [6, 6.07) is 0.471. The van der Waals surface area contributed by atoms with Crippen molar-refractivity contribution in [1.82, 2.24) is 10.6 Å². The highest BCUT2D eigenvalue weighted by Crippen LogP contribution is 2.12. The van der Waals surface area contributed by atoms with Crippen LogP contribution in [0.15, 0.2) is 4.99 Å². The van der Waals surface area contributed by atoms with Gasteiger partial charge in [-0.1, -0.05) is 32.6 Å². The van der Waals surface area contributed by atoms with Gasteiger partial charge in [0.05, 0.1) is 13.2 Å². The molecule has 0 bridgehead atoms. The third-order valence-corrected chi connectivity index (χ3v) is 4.31. The Morgan fingerprint density at radius 1 is 1.25 bits per heavy atom. The van der Waals surface area contributed by atoms with E-state index in [2.05, 4.69) is 36.4 Å². The van der Waals surface area contributed by atoms with E-state index >= 15 is 0 Å². The van der Waals surface area contributed by atoms with E-state index in [1.165, 1.54) is 32.1 Å². The Bertz CT molecular complexity index is 318. The van der Waals surface area contributed by atoms with E-state index in [9.17, 15) is 0 Å². The van der Waals surface area contributed by atoms with Crippen molar-refractivity contribution in [3.8, 4) is 0 Å². The van der Waals surface area contributed by atoms with E-state index in [1.54, 1.807) is 0 Å². The van der Waals surface area contributed by atoms with Gasteiger partial charge in [0.1, 0.15) is 0 Å². The van der Waals surface area contributed by atoms with Gasteiger partial charge in [0.25, 0.3) is 0 Å². The summed E-state index contributed by atoms with van der Waals surface area (Å²) in [5.74, 6) is 1.53. The monoisotopic (exact) mass is 341 g/mol. The van der Waals surface area contributed by atoms with Crippen molar-refractivity contribution in [2.75, 3.05) is 39.5 Å². The van der Waals surface area contributed by atoms with Crippen molar-refractivity contribution in [2.24, 2.45) is 10.9 Å². The number of unbranched alkanes of at least 4 members (excludes halogenated alkanes) is 3. The van der Waals surface area contributed by atoms with Gasteiger partial charge < -0.3 is 20.1 Å². The van der Waals surface area contributed by atoms with E-state index in [1.807, 2.05) is 0 Å². The summed E-state index contributed by atoms with van der Waals surface area (Å²) in [6.07, 6.45) is 8.57. The third kappa shape index (κ3) is 10.9. The molecule has 1 rings (SSSR count). The van der Waals surface area contributed by atoms with Crippen molar-refractivity contribution in [1.29, 1.82) is 0 Å². The third-order valence-electron chi connectivity index (χ3n) is 4.31. The predicted octanol–water partition coefficient (Wildman–Crippen LogP) is 3.34. The molecule has 0 amide bonds. The molecule has 1 heterocycles. The Balaban J connectivity index is 2.11. The number of rotatable bonds is 13. The normalized spacial score (nSPS) is 19.5. The predicted molar refractivity (Wildman–Crippen MR) is 102 cm³/mol. The largest absolute Gasteiger partial charge is 0.381 e. The fourth-order valence-corrected chi connectivity index (χ4v) is 2.83. The number of nitrogens with zero attached hydrogens (tertiary/aromatic N) is 1. The molecule has 0 aromatic carbocycles. The molecule has 0 spiro atoms. The van der Waals surface area contributed by atoms with Gasteiger partial charge in [-0.3, -0.25) is 4.99 Å². The lowest BCUT2D eigenvalue weighted by Crippen LogP contribution is -2.42. The first-order valence-corrected chi connectivity index (χ1v) is 9.96. The number of ether oxygens (including phenoxy) is 2. The molecule has 1 fully saturated rings. The number of aliphatic imine (C=N–C) groups is 1. The first kappa shape index (κ1) is 21.2. The van der Waals surface area contributed by atoms with Crippen molar-refractivity contribution >= 4 is 5.96 Å². The standard InChI is InChI=1S/C19H39N3O2/c1-4-6-7-8-10-17(3)22-19(20-5-2)21-12-9-13-23-15-18-11-14-24-16-18/h17-18H,4-16H2,1-3H3,(H2,20,21,22).